The highest BCUT2D eigenvalue weighted by Crippen LogP contribution is 2.28. The number of carbonyl (C=O) groups excluding carboxylic acids is 1. The van der Waals surface area contributed by atoms with E-state index in [-0.39, 0.29) is 23.0 Å². The smallest absolute Gasteiger partial charge is 0.293 e. The van der Waals surface area contributed by atoms with E-state index in [9.17, 15) is 14.9 Å². The van der Waals surface area contributed by atoms with Crippen LogP contribution in [0.2, 0.25) is 0 Å². The number of H-pyrrole nitrogens is 1. The summed E-state index contributed by atoms with van der Waals surface area (Å²) in [6.07, 6.45) is 3.29. The summed E-state index contributed by atoms with van der Waals surface area (Å²) in [5.74, 6) is -0.392. The van der Waals surface area contributed by atoms with Crippen molar-refractivity contribution in [2.24, 2.45) is 0 Å². The predicted molar refractivity (Wildman–Crippen MR) is 77.1 cm³/mol. The highest BCUT2D eigenvalue weighted by Gasteiger charge is 2.21. The van der Waals surface area contributed by atoms with Crippen molar-refractivity contribution in [3.8, 4) is 0 Å². The van der Waals surface area contributed by atoms with Gasteiger partial charge < -0.3 is 10.6 Å². The highest BCUT2D eigenvalue weighted by molar-refractivity contribution is 6.01. The zero-order valence-electron chi connectivity index (χ0n) is 11.6. The molecule has 0 bridgehead atoms. The second-order valence-electron chi connectivity index (χ2n) is 4.43. The third kappa shape index (κ3) is 2.99. The van der Waals surface area contributed by atoms with Crippen molar-refractivity contribution in [3.05, 3.63) is 51.8 Å². The van der Waals surface area contributed by atoms with E-state index in [4.69, 9.17) is 0 Å². The van der Waals surface area contributed by atoms with Crippen LogP contribution in [-0.2, 0) is 0 Å². The summed E-state index contributed by atoms with van der Waals surface area (Å²) in [5.41, 5.74) is 1.10. The van der Waals surface area contributed by atoms with Crippen LogP contribution in [0.15, 0.2) is 30.6 Å². The summed E-state index contributed by atoms with van der Waals surface area (Å²) in [6.45, 7) is 1.80. The van der Waals surface area contributed by atoms with E-state index in [1.165, 1.54) is 18.2 Å². The van der Waals surface area contributed by atoms with Gasteiger partial charge >= 0.3 is 0 Å². The molecule has 8 nitrogen and oxygen atoms in total. The molecular formula is C13H15N5O3. The Morgan fingerprint density at radius 2 is 2.24 bits per heavy atom. The molecule has 0 saturated heterocycles. The molecule has 1 unspecified atom stereocenters. The van der Waals surface area contributed by atoms with Crippen LogP contribution in [0.5, 0.6) is 0 Å². The van der Waals surface area contributed by atoms with E-state index in [1.807, 2.05) is 0 Å². The van der Waals surface area contributed by atoms with Crippen molar-refractivity contribution in [3.63, 3.8) is 0 Å². The molecule has 1 amide bonds. The molecule has 1 aromatic carbocycles. The first-order valence-electron chi connectivity index (χ1n) is 6.29. The highest BCUT2D eigenvalue weighted by atomic mass is 16.6. The number of anilines is 1. The lowest BCUT2D eigenvalue weighted by Crippen LogP contribution is -2.27. The third-order valence-electron chi connectivity index (χ3n) is 3.10. The molecule has 0 aliphatic carbocycles. The Morgan fingerprint density at radius 1 is 1.48 bits per heavy atom. The second kappa shape index (κ2) is 6.04. The van der Waals surface area contributed by atoms with Crippen LogP contribution in [0, 0.1) is 10.1 Å². The summed E-state index contributed by atoms with van der Waals surface area (Å²) in [7, 11) is 1.54. The quantitative estimate of drug-likeness (QED) is 0.574. The number of hydrogen-bond donors (Lipinski definition) is 3. The molecule has 1 heterocycles. The topological polar surface area (TPSA) is 113 Å². The number of amides is 1. The average molecular weight is 289 g/mol. The molecule has 1 aromatic heterocycles. The van der Waals surface area contributed by atoms with Gasteiger partial charge in [0, 0.05) is 24.9 Å². The first kappa shape index (κ1) is 14.5. The van der Waals surface area contributed by atoms with E-state index >= 15 is 0 Å². The molecule has 8 heteroatoms. The number of nitro benzene ring substituents is 1. The summed E-state index contributed by atoms with van der Waals surface area (Å²) >= 11 is 0. The minimum Gasteiger partial charge on any atom is -0.382 e. The van der Waals surface area contributed by atoms with Gasteiger partial charge in [-0.3, -0.25) is 20.0 Å². The Morgan fingerprint density at radius 3 is 2.81 bits per heavy atom. The Balaban J connectivity index is 2.27. The maximum Gasteiger partial charge on any atom is 0.293 e. The lowest BCUT2D eigenvalue weighted by molar-refractivity contribution is -0.384. The number of nitrogens with one attached hydrogen (secondary N) is 3. The Labute approximate surface area is 120 Å². The van der Waals surface area contributed by atoms with Gasteiger partial charge in [-0.05, 0) is 13.0 Å². The third-order valence-corrected chi connectivity index (χ3v) is 3.10. The number of para-hydroxylation sites is 1. The molecule has 2 rings (SSSR count). The summed E-state index contributed by atoms with van der Waals surface area (Å²) < 4.78 is 0. The molecule has 2 aromatic rings. The van der Waals surface area contributed by atoms with Gasteiger partial charge in [0.1, 0.15) is 5.69 Å². The number of aromatic amines is 1. The maximum absolute atomic E-state index is 12.3. The molecule has 3 N–H and O–H groups in total. The van der Waals surface area contributed by atoms with Crippen molar-refractivity contribution < 1.29 is 9.72 Å². The molecule has 0 spiro atoms. The number of hydrogen-bond acceptors (Lipinski definition) is 5. The number of rotatable bonds is 5. The van der Waals surface area contributed by atoms with E-state index in [2.05, 4.69) is 20.8 Å². The lowest BCUT2D eigenvalue weighted by Gasteiger charge is -2.14. The monoisotopic (exact) mass is 289 g/mol. The van der Waals surface area contributed by atoms with Gasteiger partial charge in [0.15, 0.2) is 0 Å². The van der Waals surface area contributed by atoms with Crippen LogP contribution in [0.25, 0.3) is 0 Å². The average Bonchev–Trinajstić information content (AvgIpc) is 3.00. The van der Waals surface area contributed by atoms with Gasteiger partial charge in [-0.25, -0.2) is 0 Å². The van der Waals surface area contributed by atoms with Gasteiger partial charge in [-0.15, -0.1) is 0 Å². The summed E-state index contributed by atoms with van der Waals surface area (Å²) in [6, 6.07) is 4.11. The number of aromatic nitrogens is 2. The molecule has 0 aliphatic heterocycles. The molecule has 0 saturated carbocycles. The van der Waals surface area contributed by atoms with E-state index in [1.54, 1.807) is 26.4 Å². The minimum absolute atomic E-state index is 0.138. The fourth-order valence-corrected chi connectivity index (χ4v) is 2.00. The van der Waals surface area contributed by atoms with Crippen LogP contribution >= 0.6 is 0 Å². The molecule has 0 fully saturated rings. The predicted octanol–water partition coefficient (Wildman–Crippen LogP) is 1.85. The lowest BCUT2D eigenvalue weighted by atomic mass is 10.1. The second-order valence-corrected chi connectivity index (χ2v) is 4.43. The fraction of sp³-hybridized carbons (Fsp3) is 0.231. The van der Waals surface area contributed by atoms with Crippen LogP contribution < -0.4 is 10.6 Å². The number of carbonyl (C=O) groups is 1. The SMILES string of the molecule is CNc1c(C(=O)NC(C)c2cn[nH]c2)cccc1[N+](=O)[O-]. The number of nitro groups is 1. The molecule has 110 valence electrons. The number of nitrogens with zero attached hydrogens (tertiary/aromatic N) is 2. The van der Waals surface area contributed by atoms with Crippen LogP contribution in [-0.4, -0.2) is 28.1 Å². The number of benzene rings is 1. The van der Waals surface area contributed by atoms with Gasteiger partial charge in [-0.2, -0.15) is 5.10 Å². The molecular weight excluding hydrogens is 274 g/mol. The van der Waals surface area contributed by atoms with Gasteiger partial charge in [0.25, 0.3) is 11.6 Å². The normalized spacial score (nSPS) is 11.7. The largest absolute Gasteiger partial charge is 0.382 e. The van der Waals surface area contributed by atoms with Crippen molar-refractivity contribution in [1.29, 1.82) is 0 Å². The zero-order valence-corrected chi connectivity index (χ0v) is 11.6. The molecule has 0 radical (unpaired) electrons. The summed E-state index contributed by atoms with van der Waals surface area (Å²) in [4.78, 5) is 22.8. The van der Waals surface area contributed by atoms with Crippen LogP contribution in [0.1, 0.15) is 28.9 Å². The van der Waals surface area contributed by atoms with E-state index in [0.29, 0.717) is 0 Å². The van der Waals surface area contributed by atoms with Crippen molar-refractivity contribution >= 4 is 17.3 Å². The first-order valence-corrected chi connectivity index (χ1v) is 6.29. The van der Waals surface area contributed by atoms with E-state index < -0.39 is 10.8 Å². The maximum atomic E-state index is 12.3. The fourth-order valence-electron chi connectivity index (χ4n) is 2.00. The summed E-state index contributed by atoms with van der Waals surface area (Å²) in [5, 5.41) is 23.0. The van der Waals surface area contributed by atoms with Crippen molar-refractivity contribution in [2.75, 3.05) is 12.4 Å². The zero-order chi connectivity index (χ0) is 15.4. The molecule has 0 aliphatic rings. The Bertz CT molecular complexity index is 654. The Kier molecular flexibility index (Phi) is 4.17. The molecule has 21 heavy (non-hydrogen) atoms. The van der Waals surface area contributed by atoms with Gasteiger partial charge in [-0.1, -0.05) is 6.07 Å². The Hall–Kier alpha value is -2.90. The van der Waals surface area contributed by atoms with Crippen LogP contribution in [0.3, 0.4) is 0 Å². The molecule has 1 atom stereocenters. The van der Waals surface area contributed by atoms with Crippen LogP contribution in [0.4, 0.5) is 11.4 Å². The van der Waals surface area contributed by atoms with E-state index in [0.717, 1.165) is 5.56 Å². The van der Waals surface area contributed by atoms with Crippen molar-refractivity contribution in [1.82, 2.24) is 15.5 Å². The standard InChI is InChI=1S/C13H15N5O3/c1-8(9-6-15-16-7-9)17-13(19)10-4-3-5-11(18(20)21)12(10)14-2/h3-8,14H,1-2H3,(H,15,16)(H,17,19). The first-order chi connectivity index (χ1) is 10.0. The minimum atomic E-state index is -0.526. The van der Waals surface area contributed by atoms with Crippen molar-refractivity contribution in [2.45, 2.75) is 13.0 Å². The van der Waals surface area contributed by atoms with Gasteiger partial charge in [0.05, 0.1) is 22.7 Å². The van der Waals surface area contributed by atoms with Gasteiger partial charge in [0.2, 0.25) is 0 Å².